The number of aromatic nitrogens is 2. The van der Waals surface area contributed by atoms with Crippen LogP contribution in [0.15, 0.2) is 36.7 Å². The Balaban J connectivity index is 1.81. The lowest BCUT2D eigenvalue weighted by Gasteiger charge is -2.27. The number of halogens is 1. The predicted octanol–water partition coefficient (Wildman–Crippen LogP) is 4.31. The molecule has 3 aromatic heterocycles. The Bertz CT molecular complexity index is 1230. The van der Waals surface area contributed by atoms with E-state index in [9.17, 15) is 9.50 Å². The van der Waals surface area contributed by atoms with Gasteiger partial charge >= 0.3 is 0 Å². The van der Waals surface area contributed by atoms with Crippen LogP contribution in [-0.2, 0) is 16.9 Å². The molecular formula is C22H21FN2O3. The van der Waals surface area contributed by atoms with E-state index >= 15 is 0 Å². The molecule has 0 amide bonds. The number of aliphatic hydroxyl groups is 1. The van der Waals surface area contributed by atoms with Gasteiger partial charge in [0.2, 0.25) is 0 Å². The summed E-state index contributed by atoms with van der Waals surface area (Å²) in [6.45, 7) is 2.98. The van der Waals surface area contributed by atoms with Gasteiger partial charge in [0.05, 0.1) is 42.5 Å². The SMILES string of the molecule is CCC1(O)CCOCc2cn3cc4cc5cc(OC)c(F)cc5nc4c3cc21. The van der Waals surface area contributed by atoms with Crippen LogP contribution in [0.4, 0.5) is 4.39 Å². The quantitative estimate of drug-likeness (QED) is 0.563. The Hall–Kier alpha value is -2.70. The summed E-state index contributed by atoms with van der Waals surface area (Å²) in [6, 6.07) is 7.06. The van der Waals surface area contributed by atoms with E-state index in [-0.39, 0.29) is 5.75 Å². The summed E-state index contributed by atoms with van der Waals surface area (Å²) in [5, 5.41) is 12.9. The van der Waals surface area contributed by atoms with Crippen molar-refractivity contribution in [1.82, 2.24) is 9.38 Å². The number of fused-ring (bicyclic) bond motifs is 5. The summed E-state index contributed by atoms with van der Waals surface area (Å²) in [5.41, 5.74) is 3.20. The number of hydrogen-bond donors (Lipinski definition) is 1. The van der Waals surface area contributed by atoms with Crippen molar-refractivity contribution in [1.29, 1.82) is 0 Å². The second-order valence-corrected chi connectivity index (χ2v) is 7.43. The standard InChI is InChI=1S/C22H21FN2O3/c1-3-22(26)4-5-28-12-15-11-25-10-14-6-13-7-20(27-2)17(23)9-18(13)24-21(14)19(25)8-16(15)22/h6-11,26H,3-5,12H2,1-2H3. The molecule has 5 rings (SSSR count). The molecule has 0 saturated carbocycles. The zero-order valence-corrected chi connectivity index (χ0v) is 15.8. The zero-order chi connectivity index (χ0) is 19.5. The first-order valence-electron chi connectivity index (χ1n) is 9.44. The molecular weight excluding hydrogens is 359 g/mol. The van der Waals surface area contributed by atoms with Crippen LogP contribution in [0.5, 0.6) is 5.75 Å². The van der Waals surface area contributed by atoms with Crippen molar-refractivity contribution in [3.63, 3.8) is 0 Å². The lowest BCUT2D eigenvalue weighted by atomic mass is 9.86. The fourth-order valence-corrected chi connectivity index (χ4v) is 4.18. The smallest absolute Gasteiger partial charge is 0.167 e. The fraction of sp³-hybridized carbons (Fsp3) is 0.318. The fourth-order valence-electron chi connectivity index (χ4n) is 4.18. The third-order valence-corrected chi connectivity index (χ3v) is 5.84. The third kappa shape index (κ3) is 2.48. The molecule has 1 atom stereocenters. The van der Waals surface area contributed by atoms with Crippen molar-refractivity contribution in [3.8, 4) is 5.75 Å². The van der Waals surface area contributed by atoms with Gasteiger partial charge < -0.3 is 19.0 Å². The second-order valence-electron chi connectivity index (χ2n) is 7.43. The molecule has 0 radical (unpaired) electrons. The molecule has 0 aliphatic carbocycles. The van der Waals surface area contributed by atoms with E-state index in [4.69, 9.17) is 14.5 Å². The van der Waals surface area contributed by atoms with Gasteiger partial charge in [-0.25, -0.2) is 9.37 Å². The van der Waals surface area contributed by atoms with Crippen LogP contribution in [0.25, 0.3) is 27.3 Å². The summed E-state index contributed by atoms with van der Waals surface area (Å²) < 4.78 is 27.0. The maximum Gasteiger partial charge on any atom is 0.167 e. The van der Waals surface area contributed by atoms with Crippen molar-refractivity contribution in [2.75, 3.05) is 13.7 Å². The second kappa shape index (κ2) is 6.15. The number of rotatable bonds is 2. The maximum atomic E-state index is 14.2. The number of benzene rings is 1. The number of ether oxygens (including phenoxy) is 2. The molecule has 144 valence electrons. The molecule has 1 aromatic carbocycles. The first-order chi connectivity index (χ1) is 13.5. The first-order valence-corrected chi connectivity index (χ1v) is 9.44. The molecule has 4 aromatic rings. The van der Waals surface area contributed by atoms with Gasteiger partial charge in [0.1, 0.15) is 0 Å². The van der Waals surface area contributed by atoms with E-state index in [2.05, 4.69) is 0 Å². The lowest BCUT2D eigenvalue weighted by Crippen LogP contribution is -2.26. The van der Waals surface area contributed by atoms with E-state index in [0.717, 1.165) is 32.9 Å². The Morgan fingerprint density at radius 3 is 2.89 bits per heavy atom. The van der Waals surface area contributed by atoms with E-state index in [1.807, 2.05) is 35.9 Å². The highest BCUT2D eigenvalue weighted by Crippen LogP contribution is 2.37. The number of pyridine rings is 2. The van der Waals surface area contributed by atoms with Gasteiger partial charge in [-0.1, -0.05) is 6.92 Å². The van der Waals surface area contributed by atoms with E-state index in [1.54, 1.807) is 6.07 Å². The summed E-state index contributed by atoms with van der Waals surface area (Å²) in [4.78, 5) is 4.72. The number of nitrogens with zero attached hydrogens (tertiary/aromatic N) is 2. The molecule has 0 bridgehead atoms. The zero-order valence-electron chi connectivity index (χ0n) is 15.8. The minimum atomic E-state index is -0.916. The lowest BCUT2D eigenvalue weighted by molar-refractivity contribution is 0.00232. The average molecular weight is 380 g/mol. The molecule has 0 fully saturated rings. The van der Waals surface area contributed by atoms with Gasteiger partial charge in [-0.15, -0.1) is 0 Å². The van der Waals surface area contributed by atoms with Crippen LogP contribution in [0.3, 0.4) is 0 Å². The van der Waals surface area contributed by atoms with Crippen LogP contribution >= 0.6 is 0 Å². The van der Waals surface area contributed by atoms with Crippen molar-refractivity contribution in [2.24, 2.45) is 0 Å². The van der Waals surface area contributed by atoms with Gasteiger partial charge in [0.15, 0.2) is 11.6 Å². The summed E-state index contributed by atoms with van der Waals surface area (Å²) in [7, 11) is 1.45. The summed E-state index contributed by atoms with van der Waals surface area (Å²) >= 11 is 0. The molecule has 5 nitrogen and oxygen atoms in total. The van der Waals surface area contributed by atoms with Crippen molar-refractivity contribution < 1.29 is 19.0 Å². The molecule has 0 spiro atoms. The monoisotopic (exact) mass is 380 g/mol. The molecule has 1 aliphatic rings. The van der Waals surface area contributed by atoms with Crippen molar-refractivity contribution in [2.45, 2.75) is 32.0 Å². The highest BCUT2D eigenvalue weighted by molar-refractivity contribution is 6.01. The van der Waals surface area contributed by atoms with Gasteiger partial charge in [-0.2, -0.15) is 0 Å². The summed E-state index contributed by atoms with van der Waals surface area (Å²) in [6.07, 6.45) is 5.18. The number of hydrogen-bond acceptors (Lipinski definition) is 4. The maximum absolute atomic E-state index is 14.2. The molecule has 28 heavy (non-hydrogen) atoms. The predicted molar refractivity (Wildman–Crippen MR) is 105 cm³/mol. The Morgan fingerprint density at radius 2 is 2.11 bits per heavy atom. The van der Waals surface area contributed by atoms with Crippen LogP contribution < -0.4 is 4.74 Å². The highest BCUT2D eigenvalue weighted by atomic mass is 19.1. The average Bonchev–Trinajstić information content (AvgIpc) is 2.95. The topological polar surface area (TPSA) is 56.0 Å². The van der Waals surface area contributed by atoms with Crippen molar-refractivity contribution >= 4 is 27.3 Å². The molecule has 6 heteroatoms. The van der Waals surface area contributed by atoms with Crippen molar-refractivity contribution in [3.05, 3.63) is 53.6 Å². The molecule has 1 aliphatic heterocycles. The van der Waals surface area contributed by atoms with Crippen LogP contribution in [0.2, 0.25) is 0 Å². The third-order valence-electron chi connectivity index (χ3n) is 5.84. The first kappa shape index (κ1) is 17.4. The van der Waals surface area contributed by atoms with Crippen LogP contribution in [0, 0.1) is 5.82 Å². The summed E-state index contributed by atoms with van der Waals surface area (Å²) in [5.74, 6) is -0.231. The highest BCUT2D eigenvalue weighted by Gasteiger charge is 2.32. The Labute approximate surface area is 161 Å². The van der Waals surface area contributed by atoms with E-state index in [0.29, 0.717) is 31.6 Å². The molecule has 1 unspecified atom stereocenters. The molecule has 0 saturated heterocycles. The normalized spacial score (nSPS) is 19.9. The Kier molecular flexibility index (Phi) is 3.82. The minimum Gasteiger partial charge on any atom is -0.494 e. The largest absolute Gasteiger partial charge is 0.494 e. The number of methoxy groups -OCH3 is 1. The van der Waals surface area contributed by atoms with E-state index < -0.39 is 11.4 Å². The van der Waals surface area contributed by atoms with Crippen LogP contribution in [0.1, 0.15) is 30.9 Å². The van der Waals surface area contributed by atoms with Gasteiger partial charge in [-0.3, -0.25) is 0 Å². The van der Waals surface area contributed by atoms with Gasteiger partial charge in [0, 0.05) is 41.2 Å². The Morgan fingerprint density at radius 1 is 1.25 bits per heavy atom. The molecule has 1 N–H and O–H groups in total. The van der Waals surface area contributed by atoms with Crippen LogP contribution in [-0.4, -0.2) is 28.2 Å². The van der Waals surface area contributed by atoms with Gasteiger partial charge in [-0.05, 0) is 30.2 Å². The van der Waals surface area contributed by atoms with Gasteiger partial charge in [0.25, 0.3) is 0 Å². The minimum absolute atomic E-state index is 0.203. The molecule has 4 heterocycles. The van der Waals surface area contributed by atoms with E-state index in [1.165, 1.54) is 13.2 Å².